The lowest BCUT2D eigenvalue weighted by Crippen LogP contribution is -2.37. The number of thiocarbonyl (C=S) groups is 1. The van der Waals surface area contributed by atoms with E-state index in [1.807, 2.05) is 18.2 Å². The smallest absolute Gasteiger partial charge is 0.104 e. The summed E-state index contributed by atoms with van der Waals surface area (Å²) in [6, 6.07) is 8.91. The molecule has 0 aromatic heterocycles. The molecule has 16 heavy (non-hydrogen) atoms. The van der Waals surface area contributed by atoms with Gasteiger partial charge >= 0.3 is 0 Å². The van der Waals surface area contributed by atoms with Gasteiger partial charge in [-0.2, -0.15) is 0 Å². The Labute approximate surface area is 102 Å². The van der Waals surface area contributed by atoms with E-state index < -0.39 is 0 Å². The zero-order valence-corrected chi connectivity index (χ0v) is 10.5. The minimum Gasteiger partial charge on any atom is -0.389 e. The molecule has 2 nitrogen and oxygen atoms in total. The van der Waals surface area contributed by atoms with Crippen molar-refractivity contribution in [2.75, 3.05) is 7.05 Å². The van der Waals surface area contributed by atoms with Crippen molar-refractivity contribution in [1.29, 1.82) is 0 Å². The molecule has 1 saturated carbocycles. The lowest BCUT2D eigenvalue weighted by molar-refractivity contribution is 0.152. The fraction of sp³-hybridized carbons (Fsp3) is 0.462. The lowest BCUT2D eigenvalue weighted by atomic mass is 9.91. The second-order valence-corrected chi connectivity index (χ2v) is 4.96. The van der Waals surface area contributed by atoms with Gasteiger partial charge in [0, 0.05) is 18.2 Å². The molecule has 0 atom stereocenters. The molecule has 1 aromatic carbocycles. The first kappa shape index (κ1) is 11.6. The summed E-state index contributed by atoms with van der Waals surface area (Å²) < 4.78 is 0. The Hall–Kier alpha value is -0.930. The molecule has 0 heterocycles. The van der Waals surface area contributed by atoms with Crippen LogP contribution in [0.4, 0.5) is 0 Å². The van der Waals surface area contributed by atoms with E-state index in [2.05, 4.69) is 18.0 Å². The van der Waals surface area contributed by atoms with Gasteiger partial charge in [-0.15, -0.1) is 0 Å². The van der Waals surface area contributed by atoms with Gasteiger partial charge in [0.1, 0.15) is 4.99 Å². The van der Waals surface area contributed by atoms with Gasteiger partial charge in [-0.25, -0.2) is 0 Å². The number of nitrogens with zero attached hydrogens (tertiary/aromatic N) is 1. The highest BCUT2D eigenvalue weighted by Gasteiger charge is 2.22. The van der Waals surface area contributed by atoms with E-state index in [1.54, 1.807) is 0 Å². The molecule has 0 radical (unpaired) electrons. The largest absolute Gasteiger partial charge is 0.389 e. The van der Waals surface area contributed by atoms with E-state index in [4.69, 9.17) is 18.0 Å². The number of hydrogen-bond acceptors (Lipinski definition) is 2. The van der Waals surface area contributed by atoms with Gasteiger partial charge < -0.3 is 5.73 Å². The molecular weight excluding hydrogens is 216 g/mol. The zero-order valence-electron chi connectivity index (χ0n) is 9.65. The summed E-state index contributed by atoms with van der Waals surface area (Å²) in [6.45, 7) is 0.943. The van der Waals surface area contributed by atoms with Gasteiger partial charge in [-0.1, -0.05) is 42.9 Å². The molecule has 86 valence electrons. The standard InChI is InChI=1S/C13H18N2S/c1-15(11-6-4-7-11)9-10-5-2-3-8-12(10)13(14)16/h2-3,5,8,11H,4,6-7,9H2,1H3,(H2,14,16). The Bertz CT molecular complexity index is 385. The molecule has 0 spiro atoms. The van der Waals surface area contributed by atoms with Crippen LogP contribution in [0.5, 0.6) is 0 Å². The fourth-order valence-electron chi connectivity index (χ4n) is 2.12. The molecule has 0 unspecified atom stereocenters. The van der Waals surface area contributed by atoms with Gasteiger partial charge in [-0.3, -0.25) is 4.90 Å². The number of benzene rings is 1. The Morgan fingerprint density at radius 2 is 2.12 bits per heavy atom. The molecule has 0 amide bonds. The second-order valence-electron chi connectivity index (χ2n) is 4.52. The van der Waals surface area contributed by atoms with Crippen LogP contribution >= 0.6 is 12.2 Å². The van der Waals surface area contributed by atoms with Gasteiger partial charge in [0.05, 0.1) is 0 Å². The van der Waals surface area contributed by atoms with E-state index >= 15 is 0 Å². The van der Waals surface area contributed by atoms with Crippen LogP contribution in [0, 0.1) is 0 Å². The van der Waals surface area contributed by atoms with Gasteiger partial charge in [0.15, 0.2) is 0 Å². The third-order valence-corrected chi connectivity index (χ3v) is 3.62. The Morgan fingerprint density at radius 1 is 1.44 bits per heavy atom. The number of hydrogen-bond donors (Lipinski definition) is 1. The van der Waals surface area contributed by atoms with Crippen molar-refractivity contribution in [3.63, 3.8) is 0 Å². The van der Waals surface area contributed by atoms with Crippen molar-refractivity contribution >= 4 is 17.2 Å². The molecule has 0 aliphatic heterocycles. The van der Waals surface area contributed by atoms with E-state index in [0.717, 1.165) is 18.2 Å². The monoisotopic (exact) mass is 234 g/mol. The predicted octanol–water partition coefficient (Wildman–Crippen LogP) is 2.31. The predicted molar refractivity (Wildman–Crippen MR) is 71.4 cm³/mol. The van der Waals surface area contributed by atoms with Crippen LogP contribution in [0.25, 0.3) is 0 Å². The highest BCUT2D eigenvalue weighted by molar-refractivity contribution is 7.80. The zero-order chi connectivity index (χ0) is 11.5. The van der Waals surface area contributed by atoms with Crippen molar-refractivity contribution in [2.24, 2.45) is 5.73 Å². The maximum Gasteiger partial charge on any atom is 0.104 e. The summed E-state index contributed by atoms with van der Waals surface area (Å²) in [4.78, 5) is 2.90. The fourth-order valence-corrected chi connectivity index (χ4v) is 2.32. The van der Waals surface area contributed by atoms with Crippen molar-refractivity contribution in [3.05, 3.63) is 35.4 Å². The van der Waals surface area contributed by atoms with Crippen LogP contribution in [-0.2, 0) is 6.54 Å². The lowest BCUT2D eigenvalue weighted by Gasteiger charge is -2.35. The van der Waals surface area contributed by atoms with Crippen LogP contribution < -0.4 is 5.73 Å². The van der Waals surface area contributed by atoms with E-state index in [1.165, 1.54) is 24.8 Å². The van der Waals surface area contributed by atoms with E-state index in [0.29, 0.717) is 4.99 Å². The Kier molecular flexibility index (Phi) is 3.56. The van der Waals surface area contributed by atoms with Crippen molar-refractivity contribution in [2.45, 2.75) is 31.8 Å². The van der Waals surface area contributed by atoms with Crippen LogP contribution in [0.2, 0.25) is 0 Å². The maximum atomic E-state index is 5.73. The van der Waals surface area contributed by atoms with Crippen LogP contribution in [0.15, 0.2) is 24.3 Å². The highest BCUT2D eigenvalue weighted by atomic mass is 32.1. The molecule has 1 aliphatic rings. The third kappa shape index (κ3) is 2.42. The molecule has 3 heteroatoms. The summed E-state index contributed by atoms with van der Waals surface area (Å²) in [6.07, 6.45) is 4.02. The maximum absolute atomic E-state index is 5.73. The molecule has 2 rings (SSSR count). The summed E-state index contributed by atoms with van der Waals surface area (Å²) in [5.74, 6) is 0. The average molecular weight is 234 g/mol. The normalized spacial score (nSPS) is 16.1. The summed E-state index contributed by atoms with van der Waals surface area (Å²) >= 11 is 5.07. The molecule has 2 N–H and O–H groups in total. The third-order valence-electron chi connectivity index (χ3n) is 3.40. The second kappa shape index (κ2) is 4.93. The summed E-state index contributed by atoms with van der Waals surface area (Å²) in [7, 11) is 2.18. The van der Waals surface area contributed by atoms with E-state index in [-0.39, 0.29) is 0 Å². The van der Waals surface area contributed by atoms with Crippen LogP contribution in [0.3, 0.4) is 0 Å². The van der Waals surface area contributed by atoms with Gasteiger partial charge in [0.25, 0.3) is 0 Å². The first-order valence-electron chi connectivity index (χ1n) is 5.76. The molecule has 0 bridgehead atoms. The quantitative estimate of drug-likeness (QED) is 0.811. The van der Waals surface area contributed by atoms with Crippen molar-refractivity contribution < 1.29 is 0 Å². The molecule has 1 fully saturated rings. The SMILES string of the molecule is CN(Cc1ccccc1C(N)=S)C1CCC1. The summed E-state index contributed by atoms with van der Waals surface area (Å²) in [5, 5.41) is 0. The van der Waals surface area contributed by atoms with Gasteiger partial charge in [-0.05, 0) is 25.5 Å². The van der Waals surface area contributed by atoms with Crippen LogP contribution in [-0.4, -0.2) is 23.0 Å². The average Bonchev–Trinajstić information content (AvgIpc) is 2.15. The minimum atomic E-state index is 0.498. The van der Waals surface area contributed by atoms with Crippen LogP contribution in [0.1, 0.15) is 30.4 Å². The van der Waals surface area contributed by atoms with Gasteiger partial charge in [0.2, 0.25) is 0 Å². The number of rotatable bonds is 4. The van der Waals surface area contributed by atoms with Crippen molar-refractivity contribution in [1.82, 2.24) is 4.90 Å². The van der Waals surface area contributed by atoms with E-state index in [9.17, 15) is 0 Å². The Balaban J connectivity index is 2.10. The number of nitrogens with two attached hydrogens (primary N) is 1. The molecule has 1 aromatic rings. The minimum absolute atomic E-state index is 0.498. The first-order valence-corrected chi connectivity index (χ1v) is 6.17. The molecule has 0 saturated heterocycles. The Morgan fingerprint density at radius 3 is 2.69 bits per heavy atom. The topological polar surface area (TPSA) is 29.3 Å². The molecule has 1 aliphatic carbocycles. The molecular formula is C13H18N2S. The first-order chi connectivity index (χ1) is 7.68. The summed E-state index contributed by atoms with van der Waals surface area (Å²) in [5.41, 5.74) is 7.98. The highest BCUT2D eigenvalue weighted by Crippen LogP contribution is 2.25. The van der Waals surface area contributed by atoms with Crippen molar-refractivity contribution in [3.8, 4) is 0 Å².